The Bertz CT molecular complexity index is 942. The highest BCUT2D eigenvalue weighted by Crippen LogP contribution is 2.27. The second kappa shape index (κ2) is 12.4. The Labute approximate surface area is 214 Å². The maximum absolute atomic E-state index is 12.9. The van der Waals surface area contributed by atoms with E-state index in [-0.39, 0.29) is 17.6 Å². The fourth-order valence-corrected chi connectivity index (χ4v) is 3.76. The average Bonchev–Trinajstić information content (AvgIpc) is 2.75. The Morgan fingerprint density at radius 1 is 0.914 bits per heavy atom. The van der Waals surface area contributed by atoms with Crippen LogP contribution in [0, 0.1) is 0 Å². The first kappa shape index (κ1) is 28.7. The van der Waals surface area contributed by atoms with Crippen LogP contribution in [0.2, 0.25) is 0 Å². The molecule has 0 saturated carbocycles. The number of esters is 1. The molecule has 0 heterocycles. The molecule has 0 amide bonds. The Hall–Kier alpha value is -2.52. The van der Waals surface area contributed by atoms with Gasteiger partial charge in [-0.1, -0.05) is 60.7 Å². The van der Waals surface area contributed by atoms with Gasteiger partial charge in [0.05, 0.1) is 17.7 Å². The molecule has 192 valence electrons. The molecule has 35 heavy (non-hydrogen) atoms. The molecule has 2 rings (SSSR count). The van der Waals surface area contributed by atoms with E-state index in [0.29, 0.717) is 0 Å². The summed E-state index contributed by atoms with van der Waals surface area (Å²) in [7, 11) is 0. The zero-order valence-corrected chi connectivity index (χ0v) is 22.3. The number of carbonyl (C=O) groups is 1. The van der Waals surface area contributed by atoms with Crippen LogP contribution >= 0.6 is 12.2 Å². The summed E-state index contributed by atoms with van der Waals surface area (Å²) in [5.74, 6) is -0.540. The number of nitrogens with one attached hydrogen (secondary N) is 2. The van der Waals surface area contributed by atoms with Gasteiger partial charge in [0, 0.05) is 6.42 Å². The topological polar surface area (TPSA) is 106 Å². The molecule has 7 nitrogen and oxygen atoms in total. The third kappa shape index (κ3) is 10.3. The molecule has 0 saturated heterocycles. The van der Waals surface area contributed by atoms with Crippen molar-refractivity contribution in [2.45, 2.75) is 83.6 Å². The molecular formula is C27H39N3O4S. The lowest BCUT2D eigenvalue weighted by Crippen LogP contribution is -2.51. The molecular weight excluding hydrogens is 462 g/mol. The zero-order chi connectivity index (χ0) is 26.2. The minimum Gasteiger partial charge on any atom is -0.458 e. The van der Waals surface area contributed by atoms with E-state index in [2.05, 4.69) is 10.6 Å². The van der Waals surface area contributed by atoms with Crippen LogP contribution in [-0.2, 0) is 14.3 Å². The lowest BCUT2D eigenvalue weighted by molar-refractivity contribution is -0.180. The first-order chi connectivity index (χ1) is 16.2. The van der Waals surface area contributed by atoms with E-state index >= 15 is 0 Å². The molecule has 0 radical (unpaired) electrons. The van der Waals surface area contributed by atoms with Crippen molar-refractivity contribution in [3.05, 3.63) is 71.8 Å². The van der Waals surface area contributed by atoms with E-state index in [1.54, 1.807) is 20.8 Å². The number of carbonyl (C=O) groups excluding carboxylic acids is 1. The van der Waals surface area contributed by atoms with Crippen molar-refractivity contribution >= 4 is 23.3 Å². The smallest absolute Gasteiger partial charge is 0.329 e. The van der Waals surface area contributed by atoms with Gasteiger partial charge in [-0.2, -0.15) is 0 Å². The van der Waals surface area contributed by atoms with Gasteiger partial charge < -0.3 is 30.9 Å². The molecule has 0 spiro atoms. The number of thiocarbonyl (C=S) groups is 1. The SMILES string of the molecule is CC(C)(C)OC(=O)[C@@H](CC(O)OC(C)(C)C)NC(=S)N[C@H](c1ccccc1)[C@H](N)c1ccccc1. The van der Waals surface area contributed by atoms with Crippen LogP contribution in [0.25, 0.3) is 0 Å². The predicted octanol–water partition coefficient (Wildman–Crippen LogP) is 4.13. The van der Waals surface area contributed by atoms with Gasteiger partial charge in [0.1, 0.15) is 11.6 Å². The number of nitrogens with two attached hydrogens (primary N) is 1. The van der Waals surface area contributed by atoms with Crippen molar-refractivity contribution in [3.8, 4) is 0 Å². The van der Waals surface area contributed by atoms with E-state index in [1.165, 1.54) is 0 Å². The number of ether oxygens (including phenoxy) is 2. The lowest BCUT2D eigenvalue weighted by atomic mass is 9.94. The fourth-order valence-electron chi connectivity index (χ4n) is 3.49. The molecule has 0 aliphatic heterocycles. The van der Waals surface area contributed by atoms with Crippen LogP contribution in [0.1, 0.15) is 71.2 Å². The molecule has 0 bridgehead atoms. The van der Waals surface area contributed by atoms with Crippen LogP contribution in [0.3, 0.4) is 0 Å². The lowest BCUT2D eigenvalue weighted by Gasteiger charge is -2.31. The summed E-state index contributed by atoms with van der Waals surface area (Å²) in [4.78, 5) is 12.9. The number of hydrogen-bond donors (Lipinski definition) is 4. The van der Waals surface area contributed by atoms with Crippen molar-refractivity contribution in [2.75, 3.05) is 0 Å². The largest absolute Gasteiger partial charge is 0.458 e. The summed E-state index contributed by atoms with van der Waals surface area (Å²) in [5, 5.41) is 16.9. The van der Waals surface area contributed by atoms with E-state index in [1.807, 2.05) is 81.4 Å². The molecule has 0 aromatic heterocycles. The molecule has 4 atom stereocenters. The number of aliphatic hydroxyl groups is 1. The van der Waals surface area contributed by atoms with Gasteiger partial charge in [-0.05, 0) is 64.9 Å². The monoisotopic (exact) mass is 501 g/mol. The van der Waals surface area contributed by atoms with Crippen LogP contribution in [0.15, 0.2) is 60.7 Å². The van der Waals surface area contributed by atoms with Crippen LogP contribution < -0.4 is 16.4 Å². The van der Waals surface area contributed by atoms with E-state index in [4.69, 9.17) is 27.4 Å². The highest BCUT2D eigenvalue weighted by molar-refractivity contribution is 7.80. The van der Waals surface area contributed by atoms with Gasteiger partial charge in [0.15, 0.2) is 11.4 Å². The number of aliphatic hydroxyl groups excluding tert-OH is 1. The molecule has 0 aliphatic carbocycles. The third-order valence-electron chi connectivity index (χ3n) is 4.91. The Kier molecular flexibility index (Phi) is 10.2. The molecule has 8 heteroatoms. The Morgan fingerprint density at radius 3 is 1.91 bits per heavy atom. The number of rotatable bonds is 9. The van der Waals surface area contributed by atoms with Gasteiger partial charge in [-0.15, -0.1) is 0 Å². The van der Waals surface area contributed by atoms with E-state index in [0.717, 1.165) is 11.1 Å². The maximum atomic E-state index is 12.9. The normalized spacial score (nSPS) is 15.4. The van der Waals surface area contributed by atoms with Crippen molar-refractivity contribution < 1.29 is 19.4 Å². The summed E-state index contributed by atoms with van der Waals surface area (Å²) in [6.45, 7) is 10.8. The molecule has 5 N–H and O–H groups in total. The number of hydrogen-bond acceptors (Lipinski definition) is 6. The third-order valence-corrected chi connectivity index (χ3v) is 5.15. The van der Waals surface area contributed by atoms with Gasteiger partial charge in [-0.3, -0.25) is 0 Å². The van der Waals surface area contributed by atoms with Crippen LogP contribution in [-0.4, -0.2) is 39.7 Å². The standard InChI is InChI=1S/C27H39N3O4S/c1-26(2,3)33-21(31)17-20(24(32)34-27(4,5)6)29-25(35)30-23(19-15-11-8-12-16-19)22(28)18-13-9-7-10-14-18/h7-16,20-23,31H,17,28H2,1-6H3,(H2,29,30,35)/t20-,21?,22-,23-/m1/s1. The van der Waals surface area contributed by atoms with Crippen LogP contribution in [0.5, 0.6) is 0 Å². The summed E-state index contributed by atoms with van der Waals surface area (Å²) in [6, 6.07) is 17.7. The second-order valence-electron chi connectivity index (χ2n) is 10.4. The van der Waals surface area contributed by atoms with Gasteiger partial charge in [0.2, 0.25) is 0 Å². The zero-order valence-electron chi connectivity index (χ0n) is 21.4. The summed E-state index contributed by atoms with van der Waals surface area (Å²) in [6.07, 6.45) is -1.24. The number of benzene rings is 2. The van der Waals surface area contributed by atoms with E-state index < -0.39 is 35.5 Å². The molecule has 1 unspecified atom stereocenters. The first-order valence-corrected chi connectivity index (χ1v) is 12.2. The van der Waals surface area contributed by atoms with Gasteiger partial charge in [-0.25, -0.2) is 4.79 Å². The van der Waals surface area contributed by atoms with E-state index in [9.17, 15) is 9.90 Å². The average molecular weight is 502 g/mol. The summed E-state index contributed by atoms with van der Waals surface area (Å²) >= 11 is 5.59. The van der Waals surface area contributed by atoms with Crippen molar-refractivity contribution in [2.24, 2.45) is 5.73 Å². The van der Waals surface area contributed by atoms with Crippen molar-refractivity contribution in [1.29, 1.82) is 0 Å². The minimum absolute atomic E-state index is 0.0469. The second-order valence-corrected chi connectivity index (χ2v) is 10.9. The minimum atomic E-state index is -1.20. The van der Waals surface area contributed by atoms with Crippen molar-refractivity contribution in [1.82, 2.24) is 10.6 Å². The summed E-state index contributed by atoms with van der Waals surface area (Å²) < 4.78 is 11.2. The van der Waals surface area contributed by atoms with Gasteiger partial charge in [0.25, 0.3) is 0 Å². The maximum Gasteiger partial charge on any atom is 0.329 e. The Balaban J connectivity index is 2.23. The molecule has 0 fully saturated rings. The quantitative estimate of drug-likeness (QED) is 0.231. The molecule has 2 aromatic rings. The predicted molar refractivity (Wildman–Crippen MR) is 143 cm³/mol. The molecule has 0 aliphatic rings. The Morgan fingerprint density at radius 2 is 1.43 bits per heavy atom. The van der Waals surface area contributed by atoms with Crippen molar-refractivity contribution in [3.63, 3.8) is 0 Å². The summed E-state index contributed by atoms with van der Waals surface area (Å²) in [5.41, 5.74) is 7.23. The first-order valence-electron chi connectivity index (χ1n) is 11.8. The highest BCUT2D eigenvalue weighted by Gasteiger charge is 2.31. The molecule has 2 aromatic carbocycles. The fraction of sp³-hybridized carbons (Fsp3) is 0.481. The van der Waals surface area contributed by atoms with Crippen LogP contribution in [0.4, 0.5) is 0 Å². The highest BCUT2D eigenvalue weighted by atomic mass is 32.1. The van der Waals surface area contributed by atoms with Gasteiger partial charge >= 0.3 is 5.97 Å².